The summed E-state index contributed by atoms with van der Waals surface area (Å²) in [6.07, 6.45) is 3.82. The van der Waals surface area contributed by atoms with Crippen LogP contribution in [0, 0.1) is 0 Å². The van der Waals surface area contributed by atoms with Crippen molar-refractivity contribution in [1.82, 2.24) is 4.57 Å². The normalized spacial score (nSPS) is 11.1. The molecule has 21 heavy (non-hydrogen) atoms. The SMILES string of the molecule is Oc1ccc(N=Cc2cccn2-c2ccc(Br)cc2)cc1. The number of hydrogen-bond acceptors (Lipinski definition) is 2. The lowest BCUT2D eigenvalue weighted by Crippen LogP contribution is -1.97. The molecule has 0 spiro atoms. The lowest BCUT2D eigenvalue weighted by molar-refractivity contribution is 0.475. The summed E-state index contributed by atoms with van der Waals surface area (Å²) in [6.45, 7) is 0. The van der Waals surface area contributed by atoms with Gasteiger partial charge in [0.2, 0.25) is 0 Å². The Bertz CT molecular complexity index is 758. The van der Waals surface area contributed by atoms with Crippen LogP contribution in [0.4, 0.5) is 5.69 Å². The minimum absolute atomic E-state index is 0.243. The van der Waals surface area contributed by atoms with E-state index in [1.165, 1.54) is 0 Å². The third kappa shape index (κ3) is 3.23. The van der Waals surface area contributed by atoms with E-state index in [1.807, 2.05) is 48.8 Å². The number of aromatic hydroxyl groups is 1. The van der Waals surface area contributed by atoms with Gasteiger partial charge >= 0.3 is 0 Å². The zero-order valence-electron chi connectivity index (χ0n) is 11.1. The van der Waals surface area contributed by atoms with E-state index in [9.17, 15) is 5.11 Å². The zero-order chi connectivity index (χ0) is 14.7. The molecule has 1 aromatic heterocycles. The van der Waals surface area contributed by atoms with Crippen molar-refractivity contribution in [1.29, 1.82) is 0 Å². The maximum Gasteiger partial charge on any atom is 0.115 e. The molecule has 3 rings (SSSR count). The van der Waals surface area contributed by atoms with Crippen molar-refractivity contribution < 1.29 is 5.11 Å². The minimum Gasteiger partial charge on any atom is -0.508 e. The third-order valence-electron chi connectivity index (χ3n) is 3.08. The second-order valence-electron chi connectivity index (χ2n) is 4.55. The van der Waals surface area contributed by atoms with Gasteiger partial charge in [-0.3, -0.25) is 4.99 Å². The highest BCUT2D eigenvalue weighted by molar-refractivity contribution is 9.10. The highest BCUT2D eigenvalue weighted by Crippen LogP contribution is 2.18. The second kappa shape index (κ2) is 5.97. The van der Waals surface area contributed by atoms with Gasteiger partial charge in [-0.15, -0.1) is 0 Å². The standard InChI is InChI=1S/C17H13BrN2O/c18-13-3-7-15(8-4-13)20-11-1-2-16(20)12-19-14-5-9-17(21)10-6-14/h1-12,21H. The number of aliphatic imine (C=N–C) groups is 1. The van der Waals surface area contributed by atoms with Gasteiger partial charge in [0.25, 0.3) is 0 Å². The molecular weight excluding hydrogens is 328 g/mol. The summed E-state index contributed by atoms with van der Waals surface area (Å²) in [5.41, 5.74) is 2.87. The Hall–Kier alpha value is -2.33. The van der Waals surface area contributed by atoms with E-state index < -0.39 is 0 Å². The molecule has 0 bridgehead atoms. The first-order valence-corrected chi connectivity index (χ1v) is 7.28. The van der Waals surface area contributed by atoms with Crippen LogP contribution in [-0.2, 0) is 0 Å². The molecule has 4 heteroatoms. The van der Waals surface area contributed by atoms with E-state index in [0.717, 1.165) is 21.5 Å². The fraction of sp³-hybridized carbons (Fsp3) is 0. The fourth-order valence-corrected chi connectivity index (χ4v) is 2.28. The first-order chi connectivity index (χ1) is 10.2. The summed E-state index contributed by atoms with van der Waals surface area (Å²) < 4.78 is 3.12. The number of nitrogens with zero attached hydrogens (tertiary/aromatic N) is 2. The number of phenols is 1. The fourth-order valence-electron chi connectivity index (χ4n) is 2.02. The molecule has 0 aliphatic carbocycles. The van der Waals surface area contributed by atoms with Gasteiger partial charge in [0.05, 0.1) is 17.6 Å². The van der Waals surface area contributed by atoms with Crippen LogP contribution in [0.1, 0.15) is 5.69 Å². The van der Waals surface area contributed by atoms with Crippen molar-refractivity contribution in [2.75, 3.05) is 0 Å². The molecular formula is C17H13BrN2O. The van der Waals surface area contributed by atoms with Crippen molar-refractivity contribution >= 4 is 27.8 Å². The Morgan fingerprint density at radius 2 is 1.67 bits per heavy atom. The first kappa shape index (κ1) is 13.6. The van der Waals surface area contributed by atoms with Gasteiger partial charge < -0.3 is 9.67 Å². The molecule has 0 amide bonds. The van der Waals surface area contributed by atoms with Crippen LogP contribution in [0.3, 0.4) is 0 Å². The topological polar surface area (TPSA) is 37.5 Å². The highest BCUT2D eigenvalue weighted by Gasteiger charge is 2.01. The molecule has 0 atom stereocenters. The summed E-state index contributed by atoms with van der Waals surface area (Å²) in [7, 11) is 0. The van der Waals surface area contributed by atoms with Crippen LogP contribution in [0.15, 0.2) is 76.3 Å². The van der Waals surface area contributed by atoms with Crippen LogP contribution < -0.4 is 0 Å². The van der Waals surface area contributed by atoms with Gasteiger partial charge in [-0.25, -0.2) is 0 Å². The van der Waals surface area contributed by atoms with Crippen molar-refractivity contribution in [3.8, 4) is 11.4 Å². The van der Waals surface area contributed by atoms with Gasteiger partial charge in [0, 0.05) is 16.4 Å². The van der Waals surface area contributed by atoms with E-state index in [-0.39, 0.29) is 5.75 Å². The predicted octanol–water partition coefficient (Wildman–Crippen LogP) is 4.70. The maximum absolute atomic E-state index is 9.26. The number of hydrogen-bond donors (Lipinski definition) is 1. The second-order valence-corrected chi connectivity index (χ2v) is 5.47. The quantitative estimate of drug-likeness (QED) is 0.689. The Labute approximate surface area is 131 Å². The summed E-state index contributed by atoms with van der Waals surface area (Å²) in [6, 6.07) is 18.9. The lowest BCUT2D eigenvalue weighted by atomic mass is 10.3. The van der Waals surface area contributed by atoms with E-state index in [4.69, 9.17) is 0 Å². The Kier molecular flexibility index (Phi) is 3.88. The van der Waals surface area contributed by atoms with E-state index in [1.54, 1.807) is 24.3 Å². The third-order valence-corrected chi connectivity index (χ3v) is 3.61. The van der Waals surface area contributed by atoms with Crippen LogP contribution in [0.25, 0.3) is 5.69 Å². The molecule has 104 valence electrons. The van der Waals surface area contributed by atoms with E-state index in [2.05, 4.69) is 25.5 Å². The average Bonchev–Trinajstić information content (AvgIpc) is 2.96. The molecule has 0 unspecified atom stereocenters. The Morgan fingerprint density at radius 3 is 2.38 bits per heavy atom. The zero-order valence-corrected chi connectivity index (χ0v) is 12.7. The molecule has 1 heterocycles. The summed E-state index contributed by atoms with van der Waals surface area (Å²) in [4.78, 5) is 4.43. The van der Waals surface area contributed by atoms with Gasteiger partial charge in [0.1, 0.15) is 5.75 Å². The van der Waals surface area contributed by atoms with Crippen molar-refractivity contribution in [2.45, 2.75) is 0 Å². The van der Waals surface area contributed by atoms with Crippen molar-refractivity contribution in [3.05, 3.63) is 77.0 Å². The molecule has 2 aromatic carbocycles. The number of halogens is 1. The summed E-state index contributed by atoms with van der Waals surface area (Å²) in [5.74, 6) is 0.243. The average molecular weight is 341 g/mol. The van der Waals surface area contributed by atoms with Gasteiger partial charge in [-0.1, -0.05) is 15.9 Å². The Balaban J connectivity index is 1.88. The first-order valence-electron chi connectivity index (χ1n) is 6.49. The molecule has 1 N–H and O–H groups in total. The minimum atomic E-state index is 0.243. The molecule has 0 fully saturated rings. The monoisotopic (exact) mass is 340 g/mol. The summed E-state index contributed by atoms with van der Waals surface area (Å²) >= 11 is 3.44. The van der Waals surface area contributed by atoms with Crippen molar-refractivity contribution in [3.63, 3.8) is 0 Å². The van der Waals surface area contributed by atoms with Gasteiger partial charge in [0.15, 0.2) is 0 Å². The maximum atomic E-state index is 9.26. The van der Waals surface area contributed by atoms with E-state index >= 15 is 0 Å². The van der Waals surface area contributed by atoms with Crippen LogP contribution in [0.2, 0.25) is 0 Å². The Morgan fingerprint density at radius 1 is 0.952 bits per heavy atom. The number of rotatable bonds is 3. The lowest BCUT2D eigenvalue weighted by Gasteiger charge is -2.06. The summed E-state index contributed by atoms with van der Waals surface area (Å²) in [5, 5.41) is 9.26. The molecule has 0 aliphatic rings. The smallest absolute Gasteiger partial charge is 0.115 e. The van der Waals surface area contributed by atoms with Gasteiger partial charge in [-0.2, -0.15) is 0 Å². The molecule has 3 nitrogen and oxygen atoms in total. The largest absolute Gasteiger partial charge is 0.508 e. The van der Waals surface area contributed by atoms with E-state index in [0.29, 0.717) is 0 Å². The van der Waals surface area contributed by atoms with Crippen LogP contribution in [0.5, 0.6) is 5.75 Å². The predicted molar refractivity (Wildman–Crippen MR) is 88.8 cm³/mol. The molecule has 0 aliphatic heterocycles. The molecule has 0 radical (unpaired) electrons. The number of phenolic OH excluding ortho intramolecular Hbond substituents is 1. The number of aromatic nitrogens is 1. The van der Waals surface area contributed by atoms with Gasteiger partial charge in [-0.05, 0) is 60.7 Å². The number of benzene rings is 2. The van der Waals surface area contributed by atoms with Crippen molar-refractivity contribution in [2.24, 2.45) is 4.99 Å². The molecule has 0 saturated heterocycles. The molecule has 0 saturated carbocycles. The van der Waals surface area contributed by atoms with Crippen LogP contribution >= 0.6 is 15.9 Å². The highest BCUT2D eigenvalue weighted by atomic mass is 79.9. The molecule has 3 aromatic rings. The van der Waals surface area contributed by atoms with Crippen LogP contribution in [-0.4, -0.2) is 15.9 Å².